The number of rotatable bonds is 4. The van der Waals surface area contributed by atoms with E-state index in [9.17, 15) is 13.2 Å². The molecule has 0 aliphatic carbocycles. The highest BCUT2D eigenvalue weighted by Gasteiger charge is 2.29. The standard InChI is InChI=1S/C17H23N5O3S/c1-20(2)15-6-4-14(5-7-15)17(23)21-8-3-9-22(11-10-21)26(24,25)16-12-18-13-19-16/h4-7,12-13H,3,8-11H2,1-2H3,(H,18,19). The van der Waals surface area contributed by atoms with Crippen molar-refractivity contribution in [3.05, 3.63) is 42.4 Å². The van der Waals surface area contributed by atoms with Crippen molar-refractivity contribution < 1.29 is 13.2 Å². The molecule has 1 aliphatic heterocycles. The number of amides is 1. The van der Waals surface area contributed by atoms with Gasteiger partial charge in [0.2, 0.25) is 0 Å². The van der Waals surface area contributed by atoms with Crippen LogP contribution in [0.25, 0.3) is 0 Å². The van der Waals surface area contributed by atoms with Gasteiger partial charge in [-0.05, 0) is 30.7 Å². The molecule has 1 fully saturated rings. The Hall–Kier alpha value is -2.39. The van der Waals surface area contributed by atoms with Crippen molar-refractivity contribution in [1.29, 1.82) is 0 Å². The first kappa shape index (κ1) is 18.4. The third kappa shape index (κ3) is 3.73. The van der Waals surface area contributed by atoms with E-state index in [2.05, 4.69) is 9.97 Å². The number of aromatic nitrogens is 2. The molecule has 0 radical (unpaired) electrons. The molecule has 3 rings (SSSR count). The maximum Gasteiger partial charge on any atom is 0.260 e. The molecule has 2 heterocycles. The molecular formula is C17H23N5O3S. The summed E-state index contributed by atoms with van der Waals surface area (Å²) in [5, 5.41) is 0.0801. The predicted octanol–water partition coefficient (Wildman–Crippen LogP) is 1.01. The summed E-state index contributed by atoms with van der Waals surface area (Å²) in [7, 11) is 0.290. The van der Waals surface area contributed by atoms with Crippen LogP contribution < -0.4 is 4.90 Å². The molecule has 0 bridgehead atoms. The van der Waals surface area contributed by atoms with Crippen LogP contribution in [-0.4, -0.2) is 73.8 Å². The van der Waals surface area contributed by atoms with Crippen molar-refractivity contribution >= 4 is 21.6 Å². The number of H-pyrrole nitrogens is 1. The van der Waals surface area contributed by atoms with E-state index in [0.717, 1.165) is 5.69 Å². The summed E-state index contributed by atoms with van der Waals surface area (Å²) in [6.07, 6.45) is 3.24. The van der Waals surface area contributed by atoms with Crippen LogP contribution >= 0.6 is 0 Å². The molecule has 1 aromatic heterocycles. The van der Waals surface area contributed by atoms with Crippen LogP contribution in [0.3, 0.4) is 0 Å². The van der Waals surface area contributed by atoms with Crippen LogP contribution in [0, 0.1) is 0 Å². The van der Waals surface area contributed by atoms with Gasteiger partial charge in [-0.25, -0.2) is 13.4 Å². The molecule has 1 aliphatic rings. The minimum absolute atomic E-state index is 0.0731. The molecule has 1 N–H and O–H groups in total. The third-order valence-corrected chi connectivity index (χ3v) is 6.29. The van der Waals surface area contributed by atoms with Crippen molar-refractivity contribution in [3.63, 3.8) is 0 Å². The van der Waals surface area contributed by atoms with Crippen molar-refractivity contribution in [3.8, 4) is 0 Å². The summed E-state index contributed by atoms with van der Waals surface area (Å²) in [5.41, 5.74) is 1.63. The molecule has 1 amide bonds. The zero-order valence-corrected chi connectivity index (χ0v) is 15.7. The lowest BCUT2D eigenvalue weighted by molar-refractivity contribution is 0.0764. The van der Waals surface area contributed by atoms with Gasteiger partial charge in [0.1, 0.15) is 0 Å². The van der Waals surface area contributed by atoms with E-state index in [-0.39, 0.29) is 17.5 Å². The summed E-state index contributed by atoms with van der Waals surface area (Å²) in [5.74, 6) is -0.0731. The largest absolute Gasteiger partial charge is 0.378 e. The van der Waals surface area contributed by atoms with Crippen LogP contribution in [-0.2, 0) is 10.0 Å². The van der Waals surface area contributed by atoms with Crippen LogP contribution in [0.4, 0.5) is 5.69 Å². The number of hydrogen-bond donors (Lipinski definition) is 1. The van der Waals surface area contributed by atoms with Crippen LogP contribution in [0.15, 0.2) is 41.8 Å². The molecule has 1 aromatic carbocycles. The number of hydrogen-bond acceptors (Lipinski definition) is 5. The third-order valence-electron chi connectivity index (χ3n) is 4.46. The number of nitrogens with one attached hydrogen (secondary N) is 1. The fourth-order valence-electron chi connectivity index (χ4n) is 2.95. The Kier molecular flexibility index (Phi) is 5.28. The first-order valence-electron chi connectivity index (χ1n) is 8.45. The van der Waals surface area contributed by atoms with Gasteiger partial charge in [0.25, 0.3) is 15.9 Å². The SMILES string of the molecule is CN(C)c1ccc(C(=O)N2CCCN(S(=O)(=O)c3cnc[nH]3)CC2)cc1. The van der Waals surface area contributed by atoms with Gasteiger partial charge < -0.3 is 14.8 Å². The summed E-state index contributed by atoms with van der Waals surface area (Å²) in [6.45, 7) is 1.54. The number of sulfonamides is 1. The fourth-order valence-corrected chi connectivity index (χ4v) is 4.31. The maximum absolute atomic E-state index is 12.7. The number of carbonyl (C=O) groups excluding carboxylic acids is 1. The Morgan fingerprint density at radius 2 is 1.85 bits per heavy atom. The average molecular weight is 377 g/mol. The lowest BCUT2D eigenvalue weighted by Gasteiger charge is -2.22. The predicted molar refractivity (Wildman–Crippen MR) is 98.6 cm³/mol. The molecule has 0 spiro atoms. The Labute approximate surface area is 153 Å². The minimum atomic E-state index is -3.60. The van der Waals surface area contributed by atoms with Crippen LogP contribution in [0.1, 0.15) is 16.8 Å². The zero-order chi connectivity index (χ0) is 18.7. The average Bonchev–Trinajstić information content (AvgIpc) is 3.06. The van der Waals surface area contributed by atoms with Gasteiger partial charge >= 0.3 is 0 Å². The van der Waals surface area contributed by atoms with E-state index < -0.39 is 10.0 Å². The van der Waals surface area contributed by atoms with Crippen molar-refractivity contribution in [1.82, 2.24) is 19.2 Å². The van der Waals surface area contributed by atoms with Crippen LogP contribution in [0.2, 0.25) is 0 Å². The highest BCUT2D eigenvalue weighted by molar-refractivity contribution is 7.89. The quantitative estimate of drug-likeness (QED) is 0.859. The molecular weight excluding hydrogens is 354 g/mol. The topological polar surface area (TPSA) is 89.6 Å². The van der Waals surface area contributed by atoms with Gasteiger partial charge in [0.05, 0.1) is 12.5 Å². The number of nitrogens with zero attached hydrogens (tertiary/aromatic N) is 4. The second-order valence-electron chi connectivity index (χ2n) is 6.41. The van der Waals surface area contributed by atoms with Gasteiger partial charge in [-0.1, -0.05) is 0 Å². The number of aromatic amines is 1. The van der Waals surface area contributed by atoms with E-state index in [1.165, 1.54) is 16.8 Å². The fraction of sp³-hybridized carbons (Fsp3) is 0.412. The highest BCUT2D eigenvalue weighted by atomic mass is 32.2. The number of imidazole rings is 1. The molecule has 2 aromatic rings. The van der Waals surface area contributed by atoms with Gasteiger partial charge in [0.15, 0.2) is 5.03 Å². The first-order valence-corrected chi connectivity index (χ1v) is 9.89. The second-order valence-corrected chi connectivity index (χ2v) is 8.31. The van der Waals surface area contributed by atoms with Gasteiger partial charge in [-0.3, -0.25) is 4.79 Å². The lowest BCUT2D eigenvalue weighted by Crippen LogP contribution is -2.37. The molecule has 1 saturated heterocycles. The number of anilines is 1. The van der Waals surface area contributed by atoms with Crippen molar-refractivity contribution in [2.45, 2.75) is 11.4 Å². The number of benzene rings is 1. The Morgan fingerprint density at radius 3 is 2.46 bits per heavy atom. The normalized spacial score (nSPS) is 16.3. The Bertz CT molecular complexity index is 847. The minimum Gasteiger partial charge on any atom is -0.378 e. The van der Waals surface area contributed by atoms with E-state index in [0.29, 0.717) is 31.6 Å². The van der Waals surface area contributed by atoms with E-state index in [1.54, 1.807) is 4.90 Å². The maximum atomic E-state index is 12.7. The van der Waals surface area contributed by atoms with Crippen molar-refractivity contribution in [2.24, 2.45) is 0 Å². The summed E-state index contributed by atoms with van der Waals surface area (Å²) in [4.78, 5) is 22.9. The summed E-state index contributed by atoms with van der Waals surface area (Å²) < 4.78 is 26.6. The molecule has 140 valence electrons. The van der Waals surface area contributed by atoms with Crippen LogP contribution in [0.5, 0.6) is 0 Å². The van der Waals surface area contributed by atoms with Gasteiger partial charge in [-0.2, -0.15) is 4.31 Å². The van der Waals surface area contributed by atoms with Gasteiger partial charge in [0, 0.05) is 51.5 Å². The first-order chi connectivity index (χ1) is 12.4. The Balaban J connectivity index is 1.69. The smallest absolute Gasteiger partial charge is 0.260 e. The molecule has 26 heavy (non-hydrogen) atoms. The molecule has 0 saturated carbocycles. The highest BCUT2D eigenvalue weighted by Crippen LogP contribution is 2.18. The Morgan fingerprint density at radius 1 is 1.12 bits per heavy atom. The lowest BCUT2D eigenvalue weighted by atomic mass is 10.1. The molecule has 0 unspecified atom stereocenters. The van der Waals surface area contributed by atoms with Crippen molar-refractivity contribution in [2.75, 3.05) is 45.2 Å². The summed E-state index contributed by atoms with van der Waals surface area (Å²) >= 11 is 0. The molecule has 8 nitrogen and oxygen atoms in total. The number of carbonyl (C=O) groups is 1. The summed E-state index contributed by atoms with van der Waals surface area (Å²) in [6, 6.07) is 7.42. The van der Waals surface area contributed by atoms with E-state index in [4.69, 9.17) is 0 Å². The van der Waals surface area contributed by atoms with Gasteiger partial charge in [-0.15, -0.1) is 0 Å². The zero-order valence-electron chi connectivity index (χ0n) is 14.9. The second kappa shape index (κ2) is 7.46. The van der Waals surface area contributed by atoms with E-state index in [1.807, 2.05) is 43.3 Å². The molecule has 0 atom stereocenters. The van der Waals surface area contributed by atoms with E-state index >= 15 is 0 Å². The monoisotopic (exact) mass is 377 g/mol. The molecule has 9 heteroatoms.